The summed E-state index contributed by atoms with van der Waals surface area (Å²) >= 11 is 9.90. The average molecular weight is 321 g/mol. The third kappa shape index (κ3) is 2.03. The smallest absolute Gasteiger partial charge is 0.106 e. The number of aryl methyl sites for hydroxylation is 1. The zero-order valence-electron chi connectivity index (χ0n) is 10.7. The van der Waals surface area contributed by atoms with Gasteiger partial charge in [0.1, 0.15) is 5.52 Å². The highest BCUT2D eigenvalue weighted by atomic mass is 35.5. The molecular formula is C15H13ClN2S2. The van der Waals surface area contributed by atoms with Gasteiger partial charge in [-0.25, -0.2) is 4.98 Å². The summed E-state index contributed by atoms with van der Waals surface area (Å²) in [4.78, 5) is 5.97. The highest BCUT2D eigenvalue weighted by Crippen LogP contribution is 2.39. The molecule has 20 heavy (non-hydrogen) atoms. The molecular weight excluding hydrogens is 308 g/mol. The lowest BCUT2D eigenvalue weighted by Gasteiger charge is -2.25. The topological polar surface area (TPSA) is 24.9 Å². The van der Waals surface area contributed by atoms with E-state index in [9.17, 15) is 0 Å². The number of aromatic nitrogens is 1. The fourth-order valence-corrected chi connectivity index (χ4v) is 4.73. The molecule has 1 aliphatic rings. The molecule has 0 radical (unpaired) electrons. The molecule has 0 saturated carbocycles. The predicted octanol–water partition coefficient (Wildman–Crippen LogP) is 5.50. The second-order valence-electron chi connectivity index (χ2n) is 5.01. The van der Waals surface area contributed by atoms with Crippen molar-refractivity contribution in [1.29, 1.82) is 0 Å². The quantitative estimate of drug-likeness (QED) is 0.674. The zero-order chi connectivity index (χ0) is 13.5. The van der Waals surface area contributed by atoms with Crippen LogP contribution in [0.3, 0.4) is 0 Å². The molecule has 0 saturated heterocycles. The van der Waals surface area contributed by atoms with E-state index in [-0.39, 0.29) is 0 Å². The molecule has 1 N–H and O–H groups in total. The SMILES string of the molecule is Clc1ccc2scnc2c1NC1CCCc2sccc21. The lowest BCUT2D eigenvalue weighted by molar-refractivity contribution is 0.609. The van der Waals surface area contributed by atoms with Gasteiger partial charge in [0, 0.05) is 4.88 Å². The third-order valence-corrected chi connectivity index (χ3v) is 5.93. The van der Waals surface area contributed by atoms with Gasteiger partial charge in [0.05, 0.1) is 27.0 Å². The predicted molar refractivity (Wildman–Crippen MR) is 88.3 cm³/mol. The van der Waals surface area contributed by atoms with Crippen LogP contribution in [-0.2, 0) is 6.42 Å². The Hall–Kier alpha value is -1.10. The van der Waals surface area contributed by atoms with E-state index in [2.05, 4.69) is 21.7 Å². The largest absolute Gasteiger partial charge is 0.375 e. The van der Waals surface area contributed by atoms with E-state index in [1.165, 1.54) is 28.0 Å². The summed E-state index contributed by atoms with van der Waals surface area (Å²) in [6.07, 6.45) is 3.59. The summed E-state index contributed by atoms with van der Waals surface area (Å²) in [6.45, 7) is 0. The number of thiazole rings is 1. The number of nitrogens with one attached hydrogen (secondary N) is 1. The summed E-state index contributed by atoms with van der Waals surface area (Å²) in [5, 5.41) is 6.58. The van der Waals surface area contributed by atoms with Gasteiger partial charge in [-0.05, 0) is 48.4 Å². The van der Waals surface area contributed by atoms with Crippen molar-refractivity contribution in [2.24, 2.45) is 0 Å². The molecule has 0 spiro atoms. The second-order valence-corrected chi connectivity index (χ2v) is 7.30. The standard InChI is InChI=1S/C15H13ClN2S2/c16-10-4-5-13-15(17-8-20-13)14(10)18-11-2-1-3-12-9(11)6-7-19-12/h4-8,11,18H,1-3H2. The molecule has 2 heterocycles. The van der Waals surface area contributed by atoms with Crippen LogP contribution < -0.4 is 5.32 Å². The Bertz CT molecular complexity index is 762. The van der Waals surface area contributed by atoms with Gasteiger partial charge in [0.2, 0.25) is 0 Å². The maximum Gasteiger partial charge on any atom is 0.106 e. The van der Waals surface area contributed by atoms with Crippen molar-refractivity contribution in [3.8, 4) is 0 Å². The highest BCUT2D eigenvalue weighted by molar-refractivity contribution is 7.16. The van der Waals surface area contributed by atoms with Gasteiger partial charge < -0.3 is 5.32 Å². The summed E-state index contributed by atoms with van der Waals surface area (Å²) in [7, 11) is 0. The van der Waals surface area contributed by atoms with E-state index in [1.807, 2.05) is 29.0 Å². The van der Waals surface area contributed by atoms with E-state index in [0.717, 1.165) is 22.6 Å². The maximum atomic E-state index is 6.39. The first-order valence-corrected chi connectivity index (χ1v) is 8.81. The molecule has 4 rings (SSSR count). The van der Waals surface area contributed by atoms with Gasteiger partial charge in [-0.2, -0.15) is 0 Å². The zero-order valence-corrected chi connectivity index (χ0v) is 13.1. The Labute approximate surface area is 130 Å². The molecule has 0 fully saturated rings. The minimum Gasteiger partial charge on any atom is -0.375 e. The number of hydrogen-bond acceptors (Lipinski definition) is 4. The molecule has 5 heteroatoms. The van der Waals surface area contributed by atoms with Gasteiger partial charge in [-0.3, -0.25) is 0 Å². The van der Waals surface area contributed by atoms with Gasteiger partial charge >= 0.3 is 0 Å². The molecule has 0 bridgehead atoms. The van der Waals surface area contributed by atoms with Crippen molar-refractivity contribution < 1.29 is 0 Å². The van der Waals surface area contributed by atoms with Crippen molar-refractivity contribution in [2.45, 2.75) is 25.3 Å². The second kappa shape index (κ2) is 5.02. The summed E-state index contributed by atoms with van der Waals surface area (Å²) in [6, 6.07) is 6.60. The summed E-state index contributed by atoms with van der Waals surface area (Å²) < 4.78 is 1.18. The molecule has 1 aliphatic carbocycles. The van der Waals surface area contributed by atoms with Crippen LogP contribution in [0, 0.1) is 0 Å². The number of nitrogens with zero attached hydrogens (tertiary/aromatic N) is 1. The first-order valence-electron chi connectivity index (χ1n) is 6.67. The molecule has 1 atom stereocenters. The number of anilines is 1. The van der Waals surface area contributed by atoms with Crippen molar-refractivity contribution in [3.63, 3.8) is 0 Å². The fourth-order valence-electron chi connectivity index (χ4n) is 2.85. The Morgan fingerprint density at radius 3 is 3.15 bits per heavy atom. The first-order chi connectivity index (χ1) is 9.83. The minimum absolute atomic E-state index is 0.356. The lowest BCUT2D eigenvalue weighted by atomic mass is 9.94. The number of hydrogen-bond donors (Lipinski definition) is 1. The van der Waals surface area contributed by atoms with Crippen LogP contribution in [0.5, 0.6) is 0 Å². The van der Waals surface area contributed by atoms with E-state index < -0.39 is 0 Å². The number of benzene rings is 1. The van der Waals surface area contributed by atoms with Crippen molar-refractivity contribution in [3.05, 3.63) is 44.6 Å². The van der Waals surface area contributed by atoms with E-state index in [0.29, 0.717) is 6.04 Å². The molecule has 3 aromatic rings. The van der Waals surface area contributed by atoms with Crippen LogP contribution in [-0.4, -0.2) is 4.98 Å². The Morgan fingerprint density at radius 2 is 2.20 bits per heavy atom. The third-order valence-electron chi connectivity index (χ3n) is 3.82. The number of halogens is 1. The summed E-state index contributed by atoms with van der Waals surface area (Å²) in [5.41, 5.74) is 5.28. The number of rotatable bonds is 2. The molecule has 2 aromatic heterocycles. The van der Waals surface area contributed by atoms with E-state index >= 15 is 0 Å². The molecule has 0 amide bonds. The minimum atomic E-state index is 0.356. The van der Waals surface area contributed by atoms with E-state index in [1.54, 1.807) is 11.3 Å². The summed E-state index contributed by atoms with van der Waals surface area (Å²) in [5.74, 6) is 0. The fraction of sp³-hybridized carbons (Fsp3) is 0.267. The van der Waals surface area contributed by atoms with Crippen LogP contribution in [0.15, 0.2) is 29.1 Å². The molecule has 2 nitrogen and oxygen atoms in total. The monoisotopic (exact) mass is 320 g/mol. The Kier molecular flexibility index (Phi) is 3.17. The first kappa shape index (κ1) is 12.6. The molecule has 102 valence electrons. The van der Waals surface area contributed by atoms with Crippen molar-refractivity contribution >= 4 is 50.2 Å². The van der Waals surface area contributed by atoms with Gasteiger partial charge in [0.15, 0.2) is 0 Å². The van der Waals surface area contributed by atoms with Crippen LogP contribution in [0.1, 0.15) is 29.3 Å². The van der Waals surface area contributed by atoms with Crippen LogP contribution in [0.25, 0.3) is 10.2 Å². The number of thiophene rings is 1. The van der Waals surface area contributed by atoms with Crippen LogP contribution in [0.2, 0.25) is 5.02 Å². The molecule has 1 unspecified atom stereocenters. The van der Waals surface area contributed by atoms with E-state index in [4.69, 9.17) is 11.6 Å². The van der Waals surface area contributed by atoms with Crippen molar-refractivity contribution in [1.82, 2.24) is 4.98 Å². The van der Waals surface area contributed by atoms with Gasteiger partial charge in [-0.1, -0.05) is 11.6 Å². The number of fused-ring (bicyclic) bond motifs is 2. The Morgan fingerprint density at radius 1 is 1.25 bits per heavy atom. The van der Waals surface area contributed by atoms with Crippen molar-refractivity contribution in [2.75, 3.05) is 5.32 Å². The Balaban J connectivity index is 1.76. The normalized spacial score (nSPS) is 18.1. The lowest BCUT2D eigenvalue weighted by Crippen LogP contribution is -2.16. The molecule has 1 aromatic carbocycles. The van der Waals surface area contributed by atoms with Gasteiger partial charge in [0.25, 0.3) is 0 Å². The maximum absolute atomic E-state index is 6.39. The molecule has 0 aliphatic heterocycles. The van der Waals surface area contributed by atoms with Crippen LogP contribution >= 0.6 is 34.3 Å². The highest BCUT2D eigenvalue weighted by Gasteiger charge is 2.22. The van der Waals surface area contributed by atoms with Gasteiger partial charge in [-0.15, -0.1) is 22.7 Å². The average Bonchev–Trinajstić information content (AvgIpc) is 3.10. The van der Waals surface area contributed by atoms with Crippen LogP contribution in [0.4, 0.5) is 5.69 Å².